The van der Waals surface area contributed by atoms with Gasteiger partial charge in [0.05, 0.1) is 32.1 Å². The van der Waals surface area contributed by atoms with Gasteiger partial charge in [-0.3, -0.25) is 19.1 Å². The quantitative estimate of drug-likeness (QED) is 0.355. The number of nitrogens with zero attached hydrogens (tertiary/aromatic N) is 5. The van der Waals surface area contributed by atoms with Gasteiger partial charge in [0, 0.05) is 40.1 Å². The van der Waals surface area contributed by atoms with E-state index in [1.165, 1.54) is 17.3 Å². The molecule has 1 atom stereocenters. The molecule has 5 heterocycles. The lowest BCUT2D eigenvalue weighted by Crippen LogP contribution is -2.38. The van der Waals surface area contributed by atoms with E-state index in [2.05, 4.69) is 15.2 Å². The fraction of sp³-hybridized carbons (Fsp3) is 0.367. The van der Waals surface area contributed by atoms with Crippen LogP contribution in [-0.2, 0) is 22.5 Å². The van der Waals surface area contributed by atoms with Crippen molar-refractivity contribution in [2.45, 2.75) is 58.6 Å². The highest BCUT2D eigenvalue weighted by Crippen LogP contribution is 2.44. The van der Waals surface area contributed by atoms with E-state index in [4.69, 9.17) is 19.3 Å². The maximum absolute atomic E-state index is 15.4. The van der Waals surface area contributed by atoms with Crippen molar-refractivity contribution in [3.05, 3.63) is 65.0 Å². The summed E-state index contributed by atoms with van der Waals surface area (Å²) in [6.45, 7) is 7.47. The standard InChI is InChI=1S/C30H30FN5O6/c1-16-19(7-5-18(33-16)6-10-25(37)38)20-11-24-28(36-15-32-34-27(20)36)35(29(39)42-30(2,3)4)12-21-22(31)8-9-23-26(21)17(13-40-23)14-41-24/h5,7-9,11,15,17H,6,10,12-14H2,1-4H3,(H,37,38)/t17-/m0/s1. The second-order valence-electron chi connectivity index (χ2n) is 11.4. The van der Waals surface area contributed by atoms with Crippen LogP contribution < -0.4 is 14.4 Å². The predicted molar refractivity (Wildman–Crippen MR) is 149 cm³/mol. The highest BCUT2D eigenvalue weighted by molar-refractivity contribution is 5.92. The van der Waals surface area contributed by atoms with Gasteiger partial charge in [0.1, 0.15) is 23.5 Å². The molecule has 2 aliphatic heterocycles. The second kappa shape index (κ2) is 10.3. The molecule has 11 nitrogen and oxygen atoms in total. The molecule has 12 heteroatoms. The second-order valence-corrected chi connectivity index (χ2v) is 11.4. The number of carbonyl (C=O) groups is 2. The molecule has 3 aromatic heterocycles. The Labute approximate surface area is 240 Å². The molecule has 1 aromatic carbocycles. The molecule has 42 heavy (non-hydrogen) atoms. The van der Waals surface area contributed by atoms with Gasteiger partial charge < -0.3 is 19.3 Å². The van der Waals surface area contributed by atoms with Crippen molar-refractivity contribution in [1.82, 2.24) is 19.6 Å². The molecule has 0 fully saturated rings. The highest BCUT2D eigenvalue weighted by atomic mass is 19.1. The van der Waals surface area contributed by atoms with Crippen LogP contribution in [0.4, 0.5) is 15.0 Å². The van der Waals surface area contributed by atoms with Crippen LogP contribution in [0.15, 0.2) is 36.7 Å². The summed E-state index contributed by atoms with van der Waals surface area (Å²) in [5, 5.41) is 17.5. The topological polar surface area (TPSA) is 128 Å². The monoisotopic (exact) mass is 575 g/mol. The summed E-state index contributed by atoms with van der Waals surface area (Å²) in [6, 6.07) is 8.37. The van der Waals surface area contributed by atoms with Gasteiger partial charge in [-0.25, -0.2) is 9.18 Å². The molecule has 0 saturated heterocycles. The number of carbonyl (C=O) groups excluding carboxylic acids is 1. The van der Waals surface area contributed by atoms with Crippen LogP contribution in [-0.4, -0.2) is 55.6 Å². The first-order valence-corrected chi connectivity index (χ1v) is 13.6. The number of carboxylic acid groups (broad SMARTS) is 1. The Bertz CT molecular complexity index is 1730. The van der Waals surface area contributed by atoms with E-state index in [0.29, 0.717) is 64.1 Å². The number of benzene rings is 1. The summed E-state index contributed by atoms with van der Waals surface area (Å²) < 4.78 is 35.1. The molecular formula is C30H30FN5O6. The van der Waals surface area contributed by atoms with Gasteiger partial charge >= 0.3 is 12.1 Å². The van der Waals surface area contributed by atoms with Gasteiger partial charge in [0.15, 0.2) is 17.2 Å². The van der Waals surface area contributed by atoms with Crippen molar-refractivity contribution in [2.75, 3.05) is 18.1 Å². The molecule has 0 spiro atoms. The Kier molecular flexibility index (Phi) is 6.71. The van der Waals surface area contributed by atoms with Gasteiger partial charge in [0.2, 0.25) is 0 Å². The summed E-state index contributed by atoms with van der Waals surface area (Å²) >= 11 is 0. The summed E-state index contributed by atoms with van der Waals surface area (Å²) in [5.41, 5.74) is 3.32. The maximum atomic E-state index is 15.4. The molecule has 2 aliphatic rings. The molecule has 1 amide bonds. The lowest BCUT2D eigenvalue weighted by atomic mass is 9.95. The van der Waals surface area contributed by atoms with Crippen LogP contribution >= 0.6 is 0 Å². The van der Waals surface area contributed by atoms with Crippen molar-refractivity contribution < 1.29 is 33.3 Å². The van der Waals surface area contributed by atoms with Crippen molar-refractivity contribution in [3.8, 4) is 22.6 Å². The number of rotatable bonds is 4. The molecule has 0 saturated carbocycles. The van der Waals surface area contributed by atoms with Gasteiger partial charge in [0.25, 0.3) is 0 Å². The van der Waals surface area contributed by atoms with Crippen LogP contribution in [0.2, 0.25) is 0 Å². The number of hydrogen-bond donors (Lipinski definition) is 1. The van der Waals surface area contributed by atoms with Gasteiger partial charge in [-0.1, -0.05) is 6.07 Å². The van der Waals surface area contributed by atoms with E-state index in [-0.39, 0.29) is 25.5 Å². The lowest BCUT2D eigenvalue weighted by molar-refractivity contribution is -0.136. The number of aromatic nitrogens is 4. The number of aryl methyl sites for hydroxylation is 2. The van der Waals surface area contributed by atoms with E-state index in [1.54, 1.807) is 43.4 Å². The zero-order valence-electron chi connectivity index (χ0n) is 23.7. The molecule has 0 aliphatic carbocycles. The average molecular weight is 576 g/mol. The third-order valence-electron chi connectivity index (χ3n) is 7.28. The minimum Gasteiger partial charge on any atom is -0.493 e. The first kappa shape index (κ1) is 27.4. The van der Waals surface area contributed by atoms with E-state index in [9.17, 15) is 9.59 Å². The zero-order chi connectivity index (χ0) is 29.8. The van der Waals surface area contributed by atoms with Crippen molar-refractivity contribution in [3.63, 3.8) is 0 Å². The van der Waals surface area contributed by atoms with Crippen LogP contribution in [0, 0.1) is 12.7 Å². The Morgan fingerprint density at radius 3 is 2.60 bits per heavy atom. The molecule has 0 bridgehead atoms. The Hall–Kier alpha value is -4.74. The number of carboxylic acids is 1. The first-order chi connectivity index (χ1) is 20.0. The molecule has 218 valence electrons. The largest absolute Gasteiger partial charge is 0.493 e. The minimum atomic E-state index is -0.894. The highest BCUT2D eigenvalue weighted by Gasteiger charge is 2.37. The van der Waals surface area contributed by atoms with Gasteiger partial charge in [-0.2, -0.15) is 0 Å². The smallest absolute Gasteiger partial charge is 0.416 e. The number of amides is 1. The zero-order valence-corrected chi connectivity index (χ0v) is 23.7. The van der Waals surface area contributed by atoms with Crippen LogP contribution in [0.25, 0.3) is 16.8 Å². The minimum absolute atomic E-state index is 0.0248. The lowest BCUT2D eigenvalue weighted by Gasteiger charge is -2.29. The number of aliphatic carboxylic acids is 1. The van der Waals surface area contributed by atoms with Crippen LogP contribution in [0.1, 0.15) is 55.6 Å². The average Bonchev–Trinajstić information content (AvgIpc) is 3.57. The number of hydrogen-bond acceptors (Lipinski definition) is 8. The van der Waals surface area contributed by atoms with Crippen molar-refractivity contribution in [2.24, 2.45) is 0 Å². The summed E-state index contributed by atoms with van der Waals surface area (Å²) in [7, 11) is 0. The van der Waals surface area contributed by atoms with Gasteiger partial charge in [-0.15, -0.1) is 10.2 Å². The van der Waals surface area contributed by atoms with Crippen LogP contribution in [0.5, 0.6) is 11.5 Å². The van der Waals surface area contributed by atoms with E-state index < -0.39 is 23.5 Å². The summed E-state index contributed by atoms with van der Waals surface area (Å²) in [5.74, 6) is -0.393. The molecule has 1 N–H and O–H groups in total. The molecule has 0 radical (unpaired) electrons. The van der Waals surface area contributed by atoms with E-state index in [1.807, 2.05) is 13.0 Å². The molecule has 6 rings (SSSR count). The molecule has 4 aromatic rings. The Morgan fingerprint density at radius 2 is 1.88 bits per heavy atom. The molecular weight excluding hydrogens is 545 g/mol. The fourth-order valence-corrected chi connectivity index (χ4v) is 5.44. The predicted octanol–water partition coefficient (Wildman–Crippen LogP) is 5.07. The normalized spacial score (nSPS) is 16.0. The van der Waals surface area contributed by atoms with Crippen molar-refractivity contribution >= 4 is 23.5 Å². The fourth-order valence-electron chi connectivity index (χ4n) is 5.44. The third-order valence-corrected chi connectivity index (χ3v) is 7.28. The number of halogens is 1. The van der Waals surface area contributed by atoms with Gasteiger partial charge in [-0.05, 0) is 52.0 Å². The Balaban J connectivity index is 1.53. The number of pyridine rings is 2. The number of fused-ring (bicyclic) bond motifs is 3. The van der Waals surface area contributed by atoms with E-state index in [0.717, 1.165) is 5.56 Å². The number of anilines is 1. The third kappa shape index (κ3) is 4.97. The number of ether oxygens (including phenoxy) is 3. The molecule has 0 unspecified atom stereocenters. The van der Waals surface area contributed by atoms with Crippen molar-refractivity contribution in [1.29, 1.82) is 0 Å². The summed E-state index contributed by atoms with van der Waals surface area (Å²) in [4.78, 5) is 30.8. The maximum Gasteiger partial charge on any atom is 0.416 e. The first-order valence-electron chi connectivity index (χ1n) is 13.6. The Morgan fingerprint density at radius 1 is 1.12 bits per heavy atom. The summed E-state index contributed by atoms with van der Waals surface area (Å²) in [6.07, 6.45) is 1.06. The van der Waals surface area contributed by atoms with E-state index >= 15 is 4.39 Å². The SMILES string of the molecule is Cc1nc(CCC(=O)O)ccc1-c1cc2c(n3cnnc13)N(C(=O)OC(C)(C)C)Cc1c(F)ccc3c1[C@@H](CO3)CO2. The van der Waals surface area contributed by atoms with Crippen LogP contribution in [0.3, 0.4) is 0 Å².